The molecule has 1 aliphatic heterocycles. The number of rotatable bonds is 5. The zero-order chi connectivity index (χ0) is 23.3. The highest BCUT2D eigenvalue weighted by atomic mass is 35.5. The maximum absolute atomic E-state index is 13.4. The van der Waals surface area contributed by atoms with Crippen LogP contribution in [0.1, 0.15) is 43.5 Å². The van der Waals surface area contributed by atoms with Crippen LogP contribution in [-0.2, 0) is 0 Å². The fourth-order valence-corrected chi connectivity index (χ4v) is 5.89. The van der Waals surface area contributed by atoms with E-state index in [1.165, 1.54) is 33.8 Å². The normalized spacial score (nSPS) is 15.6. The van der Waals surface area contributed by atoms with Crippen LogP contribution in [0.4, 0.5) is 0 Å². The van der Waals surface area contributed by atoms with Crippen molar-refractivity contribution in [2.45, 2.75) is 33.2 Å². The second kappa shape index (κ2) is 8.55. The molecule has 7 nitrogen and oxygen atoms in total. The molecule has 2 amide bonds. The molecule has 4 heterocycles. The maximum atomic E-state index is 13.4. The summed E-state index contributed by atoms with van der Waals surface area (Å²) in [5.41, 5.74) is 4.20. The SMILES string of the molecule is Cc1nc(C(=O)N2CCC2CNC(=O)c2c(Cl)nc3sccn23)c(-c2ccc(C)c(C)c2)s1. The van der Waals surface area contributed by atoms with Crippen molar-refractivity contribution >= 4 is 51.0 Å². The molecule has 33 heavy (non-hydrogen) atoms. The van der Waals surface area contributed by atoms with Gasteiger partial charge in [0, 0.05) is 24.7 Å². The van der Waals surface area contributed by atoms with E-state index >= 15 is 0 Å². The molecule has 1 fully saturated rings. The Labute approximate surface area is 204 Å². The van der Waals surface area contributed by atoms with E-state index < -0.39 is 0 Å². The maximum Gasteiger partial charge on any atom is 0.274 e. The van der Waals surface area contributed by atoms with Crippen LogP contribution in [0, 0.1) is 20.8 Å². The second-order valence-electron chi connectivity index (χ2n) is 8.17. The summed E-state index contributed by atoms with van der Waals surface area (Å²) in [4.78, 5) is 38.3. The van der Waals surface area contributed by atoms with E-state index in [0.29, 0.717) is 29.4 Å². The summed E-state index contributed by atoms with van der Waals surface area (Å²) in [6.45, 7) is 7.05. The molecule has 1 atom stereocenters. The number of nitrogens with zero attached hydrogens (tertiary/aromatic N) is 4. The number of hydrogen-bond donors (Lipinski definition) is 1. The van der Waals surface area contributed by atoms with Crippen LogP contribution >= 0.6 is 34.3 Å². The van der Waals surface area contributed by atoms with Gasteiger partial charge in [0.1, 0.15) is 5.69 Å². The van der Waals surface area contributed by atoms with Gasteiger partial charge in [-0.25, -0.2) is 9.97 Å². The first-order chi connectivity index (χ1) is 15.8. The highest BCUT2D eigenvalue weighted by Gasteiger charge is 2.35. The van der Waals surface area contributed by atoms with E-state index in [1.54, 1.807) is 15.5 Å². The quantitative estimate of drug-likeness (QED) is 0.430. The van der Waals surface area contributed by atoms with Crippen LogP contribution in [0.3, 0.4) is 0 Å². The van der Waals surface area contributed by atoms with E-state index in [1.807, 2.05) is 18.4 Å². The molecular weight excluding hydrogens is 478 g/mol. The van der Waals surface area contributed by atoms with Crippen molar-refractivity contribution in [3.8, 4) is 10.4 Å². The van der Waals surface area contributed by atoms with Crippen molar-refractivity contribution in [1.29, 1.82) is 0 Å². The molecule has 1 aromatic carbocycles. The van der Waals surface area contributed by atoms with Gasteiger partial charge in [0.15, 0.2) is 15.8 Å². The molecule has 0 aliphatic carbocycles. The van der Waals surface area contributed by atoms with Crippen molar-refractivity contribution in [3.63, 3.8) is 0 Å². The Morgan fingerprint density at radius 1 is 1.21 bits per heavy atom. The number of benzene rings is 1. The van der Waals surface area contributed by atoms with Crippen LogP contribution < -0.4 is 5.32 Å². The van der Waals surface area contributed by atoms with Crippen LogP contribution in [0.15, 0.2) is 29.8 Å². The van der Waals surface area contributed by atoms with Crippen molar-refractivity contribution in [1.82, 2.24) is 24.6 Å². The Hall–Kier alpha value is -2.75. The van der Waals surface area contributed by atoms with E-state index in [2.05, 4.69) is 41.3 Å². The minimum atomic E-state index is -0.300. The van der Waals surface area contributed by atoms with Crippen LogP contribution in [0.2, 0.25) is 5.15 Å². The predicted octanol–water partition coefficient (Wildman–Crippen LogP) is 4.74. The number of amides is 2. The molecular formula is C23H22ClN5O2S2. The van der Waals surface area contributed by atoms with E-state index in [-0.39, 0.29) is 23.0 Å². The number of carbonyl (C=O) groups excluding carboxylic acids is 2. The zero-order valence-electron chi connectivity index (χ0n) is 18.4. The Morgan fingerprint density at radius 3 is 2.76 bits per heavy atom. The number of aromatic nitrogens is 3. The van der Waals surface area contributed by atoms with E-state index in [0.717, 1.165) is 21.9 Å². The molecule has 3 aromatic heterocycles. The minimum absolute atomic E-state index is 0.0827. The molecule has 1 N–H and O–H groups in total. The number of nitrogens with one attached hydrogen (secondary N) is 1. The van der Waals surface area contributed by atoms with Gasteiger partial charge in [-0.05, 0) is 43.9 Å². The Kier molecular flexibility index (Phi) is 5.72. The van der Waals surface area contributed by atoms with Gasteiger partial charge >= 0.3 is 0 Å². The number of imidazole rings is 1. The summed E-state index contributed by atoms with van der Waals surface area (Å²) in [5, 5.41) is 5.80. The third-order valence-electron chi connectivity index (χ3n) is 6.04. The third-order valence-corrected chi connectivity index (χ3v) is 8.08. The average molecular weight is 500 g/mol. The summed E-state index contributed by atoms with van der Waals surface area (Å²) in [5.74, 6) is -0.397. The summed E-state index contributed by atoms with van der Waals surface area (Å²) >= 11 is 9.11. The van der Waals surface area contributed by atoms with Gasteiger partial charge in [-0.2, -0.15) is 0 Å². The molecule has 0 bridgehead atoms. The number of thiazole rings is 2. The van der Waals surface area contributed by atoms with Crippen molar-refractivity contribution in [2.24, 2.45) is 0 Å². The van der Waals surface area contributed by atoms with E-state index in [9.17, 15) is 9.59 Å². The fourth-order valence-electron chi connectivity index (χ4n) is 3.96. The minimum Gasteiger partial charge on any atom is -0.349 e. The molecule has 4 aromatic rings. The van der Waals surface area contributed by atoms with Gasteiger partial charge in [0.05, 0.1) is 15.9 Å². The summed E-state index contributed by atoms with van der Waals surface area (Å²) in [6.07, 6.45) is 2.59. The number of carbonyl (C=O) groups is 2. The third kappa shape index (κ3) is 3.94. The van der Waals surface area contributed by atoms with Gasteiger partial charge in [0.25, 0.3) is 11.8 Å². The molecule has 0 radical (unpaired) electrons. The van der Waals surface area contributed by atoms with Crippen molar-refractivity contribution < 1.29 is 9.59 Å². The van der Waals surface area contributed by atoms with Crippen LogP contribution in [0.25, 0.3) is 15.4 Å². The molecule has 10 heteroatoms. The van der Waals surface area contributed by atoms with Gasteiger partial charge in [0.2, 0.25) is 0 Å². The lowest BCUT2D eigenvalue weighted by atomic mass is 10.0. The first-order valence-corrected chi connectivity index (χ1v) is 12.7. The first kappa shape index (κ1) is 22.1. The predicted molar refractivity (Wildman–Crippen MR) is 132 cm³/mol. The number of halogens is 1. The Morgan fingerprint density at radius 2 is 2.03 bits per heavy atom. The van der Waals surface area contributed by atoms with Gasteiger partial charge in [-0.1, -0.05) is 29.8 Å². The monoisotopic (exact) mass is 499 g/mol. The van der Waals surface area contributed by atoms with Crippen molar-refractivity contribution in [3.05, 3.63) is 62.5 Å². The fraction of sp³-hybridized carbons (Fsp3) is 0.304. The summed E-state index contributed by atoms with van der Waals surface area (Å²) in [7, 11) is 0. The highest BCUT2D eigenvalue weighted by Crippen LogP contribution is 2.33. The zero-order valence-corrected chi connectivity index (χ0v) is 20.8. The summed E-state index contributed by atoms with van der Waals surface area (Å²) < 4.78 is 1.68. The Balaban J connectivity index is 1.31. The smallest absolute Gasteiger partial charge is 0.274 e. The largest absolute Gasteiger partial charge is 0.349 e. The molecule has 170 valence electrons. The van der Waals surface area contributed by atoms with Crippen LogP contribution in [0.5, 0.6) is 0 Å². The first-order valence-electron chi connectivity index (χ1n) is 10.6. The molecule has 1 unspecified atom stereocenters. The molecule has 0 saturated carbocycles. The lowest BCUT2D eigenvalue weighted by molar-refractivity contribution is 0.0451. The number of aryl methyl sites for hydroxylation is 3. The lowest BCUT2D eigenvalue weighted by Crippen LogP contribution is -2.56. The number of hydrogen-bond acceptors (Lipinski definition) is 6. The molecule has 0 spiro atoms. The van der Waals surface area contributed by atoms with Crippen LogP contribution in [-0.4, -0.2) is 50.2 Å². The van der Waals surface area contributed by atoms with Crippen molar-refractivity contribution in [2.75, 3.05) is 13.1 Å². The van der Waals surface area contributed by atoms with Gasteiger partial charge in [-0.3, -0.25) is 14.0 Å². The highest BCUT2D eigenvalue weighted by molar-refractivity contribution is 7.15. The standard InChI is InChI=1S/C23H22ClN5O2S2/c1-12-4-5-15(10-13(12)2)19-17(26-14(3)33-19)22(31)28-7-6-16(28)11-25-21(30)18-20(24)27-23-29(18)8-9-32-23/h4-5,8-10,16H,6-7,11H2,1-3H3,(H,25,30). The topological polar surface area (TPSA) is 79.6 Å². The summed E-state index contributed by atoms with van der Waals surface area (Å²) in [6, 6.07) is 6.14. The second-order valence-corrected chi connectivity index (χ2v) is 10.6. The Bertz CT molecular complexity index is 1390. The van der Waals surface area contributed by atoms with Gasteiger partial charge < -0.3 is 10.2 Å². The molecule has 1 saturated heterocycles. The molecule has 1 aliphatic rings. The van der Waals surface area contributed by atoms with Gasteiger partial charge in [-0.15, -0.1) is 22.7 Å². The van der Waals surface area contributed by atoms with E-state index in [4.69, 9.17) is 11.6 Å². The molecule has 5 rings (SSSR count). The number of fused-ring (bicyclic) bond motifs is 1. The lowest BCUT2D eigenvalue weighted by Gasteiger charge is -2.40. The average Bonchev–Trinajstić information content (AvgIpc) is 3.43. The number of likely N-dealkylation sites (tertiary alicyclic amines) is 1.